The van der Waals surface area contributed by atoms with E-state index in [0.717, 1.165) is 39.3 Å². The summed E-state index contributed by atoms with van der Waals surface area (Å²) in [6, 6.07) is 7.97. The molecule has 26 heavy (non-hydrogen) atoms. The second-order valence-electron chi connectivity index (χ2n) is 6.05. The summed E-state index contributed by atoms with van der Waals surface area (Å²) in [4.78, 5) is 0.762. The van der Waals surface area contributed by atoms with Crippen molar-refractivity contribution in [2.24, 2.45) is 0 Å². The molecule has 6 nitrogen and oxygen atoms in total. The third-order valence-corrected chi connectivity index (χ3v) is 5.45. The van der Waals surface area contributed by atoms with Gasteiger partial charge in [0.15, 0.2) is 5.82 Å². The van der Waals surface area contributed by atoms with Gasteiger partial charge in [-0.2, -0.15) is 4.52 Å². The number of methoxy groups -OCH3 is 1. The molecule has 2 unspecified atom stereocenters. The Kier molecular flexibility index (Phi) is 4.65. The number of fused-ring (bicyclic) bond motifs is 1. The van der Waals surface area contributed by atoms with Gasteiger partial charge in [-0.1, -0.05) is 42.5 Å². The van der Waals surface area contributed by atoms with E-state index < -0.39 is 0 Å². The van der Waals surface area contributed by atoms with Crippen LogP contribution in [0.5, 0.6) is 5.75 Å². The molecule has 0 amide bonds. The Bertz CT molecular complexity index is 975. The lowest BCUT2D eigenvalue weighted by Crippen LogP contribution is -2.06. The summed E-state index contributed by atoms with van der Waals surface area (Å²) in [5, 5.41) is 17.4. The second kappa shape index (κ2) is 7.09. The Balaban J connectivity index is 1.58. The number of hydrogen-bond donors (Lipinski definition) is 1. The van der Waals surface area contributed by atoms with Gasteiger partial charge in [0.1, 0.15) is 5.75 Å². The van der Waals surface area contributed by atoms with Crippen LogP contribution in [0.3, 0.4) is 0 Å². The van der Waals surface area contributed by atoms with Gasteiger partial charge in [0.25, 0.3) is 0 Å². The van der Waals surface area contributed by atoms with Crippen LogP contribution in [0.4, 0.5) is 5.13 Å². The first kappa shape index (κ1) is 17.1. The minimum Gasteiger partial charge on any atom is -0.497 e. The molecule has 1 aromatic carbocycles. The second-order valence-corrected chi connectivity index (χ2v) is 7.57. The molecule has 2 heterocycles. The first-order chi connectivity index (χ1) is 12.6. The Morgan fingerprint density at radius 2 is 2.12 bits per heavy atom. The molecule has 0 radical (unpaired) electrons. The van der Waals surface area contributed by atoms with Gasteiger partial charge in [0.05, 0.1) is 12.5 Å². The molecule has 0 spiro atoms. The molecular formula is C18H18ClN5OS. The summed E-state index contributed by atoms with van der Waals surface area (Å²) in [6.07, 6.45) is 6.83. The smallest absolute Gasteiger partial charge is 0.236 e. The number of alkyl halides is 1. The molecule has 0 saturated heterocycles. The molecule has 2 atom stereocenters. The Morgan fingerprint density at radius 3 is 2.81 bits per heavy atom. The van der Waals surface area contributed by atoms with Gasteiger partial charge in [-0.25, -0.2) is 0 Å². The van der Waals surface area contributed by atoms with Crippen LogP contribution in [0, 0.1) is 0 Å². The van der Waals surface area contributed by atoms with E-state index in [0.29, 0.717) is 0 Å². The Hall–Kier alpha value is -2.38. The molecular weight excluding hydrogens is 370 g/mol. The van der Waals surface area contributed by atoms with Crippen molar-refractivity contribution in [1.29, 1.82) is 0 Å². The highest BCUT2D eigenvalue weighted by Crippen LogP contribution is 2.28. The lowest BCUT2D eigenvalue weighted by molar-refractivity contribution is 0.414. The summed E-state index contributed by atoms with van der Waals surface area (Å²) in [6.45, 7) is 2.09. The van der Waals surface area contributed by atoms with Gasteiger partial charge in [0, 0.05) is 11.6 Å². The number of nitrogens with one attached hydrogen (secondary N) is 1. The number of ether oxygens (including phenoxy) is 1. The highest BCUT2D eigenvalue weighted by Gasteiger charge is 2.19. The highest BCUT2D eigenvalue weighted by atomic mass is 35.5. The van der Waals surface area contributed by atoms with E-state index in [9.17, 15) is 0 Å². The number of hydrogen-bond acceptors (Lipinski definition) is 6. The largest absolute Gasteiger partial charge is 0.497 e. The summed E-state index contributed by atoms with van der Waals surface area (Å²) in [7, 11) is 1.66. The summed E-state index contributed by atoms with van der Waals surface area (Å²) in [5.41, 5.74) is 2.13. The monoisotopic (exact) mass is 387 g/mol. The molecule has 0 saturated carbocycles. The zero-order valence-electron chi connectivity index (χ0n) is 14.4. The fourth-order valence-electron chi connectivity index (χ4n) is 2.80. The number of aromatic nitrogens is 4. The van der Waals surface area contributed by atoms with Crippen molar-refractivity contribution in [2.45, 2.75) is 24.6 Å². The SMILES string of the molecule is COc1ccc(C(C)c2nnc3sc(NC4=CCC(Cl)C=C4)nn23)cc1. The topological polar surface area (TPSA) is 64.3 Å². The van der Waals surface area contributed by atoms with Gasteiger partial charge in [-0.15, -0.1) is 26.9 Å². The summed E-state index contributed by atoms with van der Waals surface area (Å²) in [5.74, 6) is 1.71. The molecule has 3 aromatic rings. The van der Waals surface area contributed by atoms with E-state index in [2.05, 4.69) is 33.6 Å². The third-order valence-electron chi connectivity index (χ3n) is 4.32. The summed E-state index contributed by atoms with van der Waals surface area (Å²) >= 11 is 7.53. The molecule has 134 valence electrons. The number of anilines is 1. The number of halogens is 1. The van der Waals surface area contributed by atoms with Crippen molar-refractivity contribution < 1.29 is 4.74 Å². The summed E-state index contributed by atoms with van der Waals surface area (Å²) < 4.78 is 7.03. The average Bonchev–Trinajstić information content (AvgIpc) is 3.23. The zero-order valence-corrected chi connectivity index (χ0v) is 16.0. The fraction of sp³-hybridized carbons (Fsp3) is 0.278. The van der Waals surface area contributed by atoms with Crippen LogP contribution in [-0.4, -0.2) is 32.3 Å². The molecule has 1 aliphatic carbocycles. The van der Waals surface area contributed by atoms with Crippen LogP contribution in [0.2, 0.25) is 0 Å². The standard InChI is InChI=1S/C18H18ClN5OS/c1-11(12-3-9-15(25-2)10-4-12)16-21-22-18-24(16)23-17(26-18)20-14-7-5-13(19)6-8-14/h3-5,7-11,13H,6H2,1-2H3,(H,20,23). The molecule has 0 bridgehead atoms. The van der Waals surface area contributed by atoms with Crippen LogP contribution in [-0.2, 0) is 0 Å². The van der Waals surface area contributed by atoms with E-state index in [1.165, 1.54) is 11.3 Å². The van der Waals surface area contributed by atoms with E-state index in [1.54, 1.807) is 11.6 Å². The number of allylic oxidation sites excluding steroid dienone is 3. The van der Waals surface area contributed by atoms with Crippen molar-refractivity contribution >= 4 is 33.0 Å². The number of benzene rings is 1. The number of rotatable bonds is 5. The lowest BCUT2D eigenvalue weighted by atomic mass is 10.0. The Morgan fingerprint density at radius 1 is 1.31 bits per heavy atom. The van der Waals surface area contributed by atoms with Gasteiger partial charge in [-0.3, -0.25) is 0 Å². The predicted octanol–water partition coefficient (Wildman–Crippen LogP) is 4.21. The van der Waals surface area contributed by atoms with Gasteiger partial charge in [-0.05, 0) is 30.2 Å². The van der Waals surface area contributed by atoms with Crippen molar-refractivity contribution in [1.82, 2.24) is 19.8 Å². The minimum atomic E-state index is 0.0651. The van der Waals surface area contributed by atoms with E-state index in [4.69, 9.17) is 16.3 Å². The van der Waals surface area contributed by atoms with Crippen molar-refractivity contribution in [3.8, 4) is 5.75 Å². The van der Waals surface area contributed by atoms with Gasteiger partial charge >= 0.3 is 0 Å². The van der Waals surface area contributed by atoms with Crippen LogP contribution >= 0.6 is 22.9 Å². The van der Waals surface area contributed by atoms with E-state index >= 15 is 0 Å². The van der Waals surface area contributed by atoms with Crippen LogP contribution in [0.25, 0.3) is 4.96 Å². The van der Waals surface area contributed by atoms with E-state index in [1.807, 2.05) is 36.4 Å². The lowest BCUT2D eigenvalue weighted by Gasteiger charge is -2.11. The molecule has 1 N–H and O–H groups in total. The first-order valence-corrected chi connectivity index (χ1v) is 9.55. The zero-order chi connectivity index (χ0) is 18.1. The van der Waals surface area contributed by atoms with Crippen LogP contribution in [0.1, 0.15) is 30.7 Å². The predicted molar refractivity (Wildman–Crippen MR) is 104 cm³/mol. The number of nitrogens with zero attached hydrogens (tertiary/aromatic N) is 4. The quantitative estimate of drug-likeness (QED) is 0.664. The van der Waals surface area contributed by atoms with Crippen molar-refractivity contribution in [2.75, 3.05) is 12.4 Å². The molecule has 8 heteroatoms. The molecule has 1 aliphatic rings. The molecule has 0 aliphatic heterocycles. The van der Waals surface area contributed by atoms with E-state index in [-0.39, 0.29) is 11.3 Å². The van der Waals surface area contributed by atoms with Crippen LogP contribution in [0.15, 0.2) is 48.2 Å². The van der Waals surface area contributed by atoms with Crippen molar-refractivity contribution in [3.05, 3.63) is 59.6 Å². The third kappa shape index (κ3) is 3.32. The first-order valence-electron chi connectivity index (χ1n) is 8.29. The highest BCUT2D eigenvalue weighted by molar-refractivity contribution is 7.20. The molecule has 4 rings (SSSR count). The fourth-order valence-corrected chi connectivity index (χ4v) is 3.73. The normalized spacial score (nSPS) is 18.0. The molecule has 0 fully saturated rings. The molecule has 2 aromatic heterocycles. The maximum absolute atomic E-state index is 6.06. The van der Waals surface area contributed by atoms with Gasteiger partial charge in [0.2, 0.25) is 10.1 Å². The Labute approximate surface area is 160 Å². The van der Waals surface area contributed by atoms with Gasteiger partial charge < -0.3 is 10.1 Å². The maximum atomic E-state index is 6.06. The van der Waals surface area contributed by atoms with Crippen molar-refractivity contribution in [3.63, 3.8) is 0 Å². The average molecular weight is 388 g/mol. The maximum Gasteiger partial charge on any atom is 0.236 e. The van der Waals surface area contributed by atoms with Crippen LogP contribution < -0.4 is 10.1 Å². The minimum absolute atomic E-state index is 0.0651.